The molecule has 0 amide bonds. The number of fused-ring (bicyclic) bond motifs is 1. The molecular weight excluding hydrogens is 167 g/mol. The minimum atomic E-state index is -0.203. The van der Waals surface area contributed by atoms with Crippen LogP contribution in [0.15, 0.2) is 24.4 Å². The van der Waals surface area contributed by atoms with Crippen molar-refractivity contribution in [3.05, 3.63) is 30.2 Å². The predicted octanol–water partition coefficient (Wildman–Crippen LogP) is 2.59. The number of hydrogen-bond donors (Lipinski definition) is 0. The first kappa shape index (κ1) is 8.23. The van der Waals surface area contributed by atoms with Crippen molar-refractivity contribution in [2.45, 2.75) is 19.9 Å². The molecule has 0 fully saturated rings. The summed E-state index contributed by atoms with van der Waals surface area (Å²) < 4.78 is 14.7. The molecule has 0 radical (unpaired) electrons. The Balaban J connectivity index is 2.58. The summed E-state index contributed by atoms with van der Waals surface area (Å²) in [6.45, 7) is 2.92. The molecule has 0 N–H and O–H groups in total. The van der Waals surface area contributed by atoms with Crippen LogP contribution in [0.4, 0.5) is 4.39 Å². The maximum Gasteiger partial charge on any atom is 0.125 e. The highest BCUT2D eigenvalue weighted by molar-refractivity contribution is 5.78. The molecule has 0 bridgehead atoms. The number of benzene rings is 1. The SMILES string of the molecule is CCCn1ncc2ccc(F)cc21. The first-order chi connectivity index (χ1) is 6.31. The lowest BCUT2D eigenvalue weighted by molar-refractivity contribution is 0.611. The highest BCUT2D eigenvalue weighted by Crippen LogP contribution is 2.14. The van der Waals surface area contributed by atoms with E-state index in [1.165, 1.54) is 12.1 Å². The number of aromatic nitrogens is 2. The number of rotatable bonds is 2. The zero-order chi connectivity index (χ0) is 9.26. The number of halogens is 1. The van der Waals surface area contributed by atoms with Gasteiger partial charge >= 0.3 is 0 Å². The zero-order valence-electron chi connectivity index (χ0n) is 7.50. The van der Waals surface area contributed by atoms with E-state index in [2.05, 4.69) is 12.0 Å². The molecule has 1 heterocycles. The van der Waals surface area contributed by atoms with E-state index < -0.39 is 0 Å². The highest BCUT2D eigenvalue weighted by atomic mass is 19.1. The van der Waals surface area contributed by atoms with Gasteiger partial charge in [-0.2, -0.15) is 5.10 Å². The van der Waals surface area contributed by atoms with Crippen LogP contribution in [0.2, 0.25) is 0 Å². The summed E-state index contributed by atoms with van der Waals surface area (Å²) in [5.41, 5.74) is 0.877. The van der Waals surface area contributed by atoms with E-state index in [0.29, 0.717) is 0 Å². The number of nitrogens with zero attached hydrogens (tertiary/aromatic N) is 2. The van der Waals surface area contributed by atoms with E-state index in [4.69, 9.17) is 0 Å². The van der Waals surface area contributed by atoms with Gasteiger partial charge in [0.2, 0.25) is 0 Å². The number of aryl methyl sites for hydroxylation is 1. The molecule has 1 aromatic heterocycles. The topological polar surface area (TPSA) is 17.8 Å². The monoisotopic (exact) mass is 178 g/mol. The maximum absolute atomic E-state index is 12.9. The Hall–Kier alpha value is -1.38. The molecule has 0 saturated heterocycles. The van der Waals surface area contributed by atoms with E-state index >= 15 is 0 Å². The molecule has 0 spiro atoms. The predicted molar refractivity (Wildman–Crippen MR) is 50.0 cm³/mol. The lowest BCUT2D eigenvalue weighted by Gasteiger charge is -1.99. The minimum absolute atomic E-state index is 0.203. The Morgan fingerprint density at radius 2 is 2.31 bits per heavy atom. The average Bonchev–Trinajstić information content (AvgIpc) is 2.49. The Morgan fingerprint density at radius 3 is 3.08 bits per heavy atom. The van der Waals surface area contributed by atoms with Crippen molar-refractivity contribution in [1.82, 2.24) is 9.78 Å². The summed E-state index contributed by atoms with van der Waals surface area (Å²) in [6.07, 6.45) is 2.78. The van der Waals surface area contributed by atoms with Crippen molar-refractivity contribution in [3.63, 3.8) is 0 Å². The Kier molecular flexibility index (Phi) is 2.00. The van der Waals surface area contributed by atoms with Gasteiger partial charge in [0.25, 0.3) is 0 Å². The lowest BCUT2D eigenvalue weighted by Crippen LogP contribution is -1.97. The minimum Gasteiger partial charge on any atom is -0.265 e. The van der Waals surface area contributed by atoms with Crippen molar-refractivity contribution in [2.24, 2.45) is 0 Å². The molecule has 0 aliphatic rings. The van der Waals surface area contributed by atoms with Crippen molar-refractivity contribution < 1.29 is 4.39 Å². The van der Waals surface area contributed by atoms with E-state index in [9.17, 15) is 4.39 Å². The standard InChI is InChI=1S/C10H11FN2/c1-2-5-13-10-6-9(11)4-3-8(10)7-12-13/h3-4,6-7H,2,5H2,1H3. The van der Waals surface area contributed by atoms with Crippen molar-refractivity contribution >= 4 is 10.9 Å². The van der Waals surface area contributed by atoms with Gasteiger partial charge in [0, 0.05) is 11.9 Å². The molecule has 0 aliphatic heterocycles. The van der Waals surface area contributed by atoms with Gasteiger partial charge in [-0.15, -0.1) is 0 Å². The van der Waals surface area contributed by atoms with E-state index in [1.807, 2.05) is 4.68 Å². The molecule has 3 heteroatoms. The number of hydrogen-bond acceptors (Lipinski definition) is 1. The quantitative estimate of drug-likeness (QED) is 0.691. The van der Waals surface area contributed by atoms with Crippen LogP contribution >= 0.6 is 0 Å². The molecule has 13 heavy (non-hydrogen) atoms. The van der Waals surface area contributed by atoms with Gasteiger partial charge in [-0.25, -0.2) is 4.39 Å². The van der Waals surface area contributed by atoms with Gasteiger partial charge in [0.1, 0.15) is 5.82 Å². The third-order valence-corrected chi connectivity index (χ3v) is 2.04. The zero-order valence-corrected chi connectivity index (χ0v) is 7.50. The van der Waals surface area contributed by atoms with Crippen LogP contribution in [0.5, 0.6) is 0 Å². The largest absolute Gasteiger partial charge is 0.265 e. The maximum atomic E-state index is 12.9. The average molecular weight is 178 g/mol. The van der Waals surface area contributed by atoms with Gasteiger partial charge in [-0.1, -0.05) is 6.92 Å². The molecule has 1 aromatic carbocycles. The molecular formula is C10H11FN2. The van der Waals surface area contributed by atoms with Gasteiger partial charge in [-0.05, 0) is 24.6 Å². The van der Waals surface area contributed by atoms with Crippen molar-refractivity contribution in [2.75, 3.05) is 0 Å². The molecule has 2 aromatic rings. The van der Waals surface area contributed by atoms with Crippen LogP contribution in [0.1, 0.15) is 13.3 Å². The Morgan fingerprint density at radius 1 is 1.46 bits per heavy atom. The molecule has 2 nitrogen and oxygen atoms in total. The molecule has 2 rings (SSSR count). The van der Waals surface area contributed by atoms with Crippen molar-refractivity contribution in [1.29, 1.82) is 0 Å². The second-order valence-electron chi connectivity index (χ2n) is 3.07. The first-order valence-electron chi connectivity index (χ1n) is 4.42. The van der Waals surface area contributed by atoms with Crippen molar-refractivity contribution in [3.8, 4) is 0 Å². The summed E-state index contributed by atoms with van der Waals surface area (Å²) in [5, 5.41) is 5.17. The second-order valence-corrected chi connectivity index (χ2v) is 3.07. The lowest BCUT2D eigenvalue weighted by atomic mass is 10.2. The van der Waals surface area contributed by atoms with Gasteiger partial charge in [-0.3, -0.25) is 4.68 Å². The summed E-state index contributed by atoms with van der Waals surface area (Å²) in [4.78, 5) is 0. The second kappa shape index (κ2) is 3.17. The van der Waals surface area contributed by atoms with Crippen LogP contribution in [-0.4, -0.2) is 9.78 Å². The normalized spacial score (nSPS) is 10.9. The van der Waals surface area contributed by atoms with E-state index in [1.54, 1.807) is 12.3 Å². The molecule has 0 atom stereocenters. The molecule has 0 aliphatic carbocycles. The fourth-order valence-corrected chi connectivity index (χ4v) is 1.43. The summed E-state index contributed by atoms with van der Waals surface area (Å²) >= 11 is 0. The van der Waals surface area contributed by atoms with E-state index in [0.717, 1.165) is 23.9 Å². The Labute approximate surface area is 76.0 Å². The fraction of sp³-hybridized carbons (Fsp3) is 0.300. The first-order valence-corrected chi connectivity index (χ1v) is 4.42. The van der Waals surface area contributed by atoms with Gasteiger partial charge in [0.15, 0.2) is 0 Å². The van der Waals surface area contributed by atoms with Crippen LogP contribution < -0.4 is 0 Å². The van der Waals surface area contributed by atoms with E-state index in [-0.39, 0.29) is 5.82 Å². The highest BCUT2D eigenvalue weighted by Gasteiger charge is 2.01. The van der Waals surface area contributed by atoms with Crippen LogP contribution in [-0.2, 0) is 6.54 Å². The Bertz CT molecular complexity index is 420. The fourth-order valence-electron chi connectivity index (χ4n) is 1.43. The summed E-state index contributed by atoms with van der Waals surface area (Å²) in [7, 11) is 0. The van der Waals surface area contributed by atoms with Crippen LogP contribution in [0, 0.1) is 5.82 Å². The molecule has 0 unspecified atom stereocenters. The van der Waals surface area contributed by atoms with Gasteiger partial charge in [0.05, 0.1) is 11.7 Å². The third-order valence-electron chi connectivity index (χ3n) is 2.04. The van der Waals surface area contributed by atoms with Crippen LogP contribution in [0.25, 0.3) is 10.9 Å². The van der Waals surface area contributed by atoms with Crippen LogP contribution in [0.3, 0.4) is 0 Å². The summed E-state index contributed by atoms with van der Waals surface area (Å²) in [5.74, 6) is -0.203. The molecule has 68 valence electrons. The molecule has 0 saturated carbocycles. The van der Waals surface area contributed by atoms with Gasteiger partial charge < -0.3 is 0 Å². The smallest absolute Gasteiger partial charge is 0.125 e. The summed E-state index contributed by atoms with van der Waals surface area (Å²) in [6, 6.07) is 4.74. The third kappa shape index (κ3) is 1.41.